The molecule has 9 heteroatoms. The van der Waals surface area contributed by atoms with Crippen molar-refractivity contribution in [2.45, 2.75) is 17.8 Å². The zero-order valence-corrected chi connectivity index (χ0v) is 14.6. The van der Waals surface area contributed by atoms with Crippen LogP contribution in [0.3, 0.4) is 0 Å². The van der Waals surface area contributed by atoms with E-state index in [1.54, 1.807) is 26.3 Å². The van der Waals surface area contributed by atoms with Crippen molar-refractivity contribution in [1.82, 2.24) is 19.9 Å². The van der Waals surface area contributed by atoms with Crippen molar-refractivity contribution in [2.75, 3.05) is 12.8 Å². The number of thioether (sulfide) groups is 1. The first-order valence-corrected chi connectivity index (χ1v) is 8.31. The summed E-state index contributed by atoms with van der Waals surface area (Å²) in [4.78, 5) is 16.5. The third-order valence-corrected chi connectivity index (χ3v) is 4.29. The molecular formula is C15H14ClN5O2S. The number of methoxy groups -OCH3 is 1. The van der Waals surface area contributed by atoms with Gasteiger partial charge >= 0.3 is 0 Å². The highest BCUT2D eigenvalue weighted by Gasteiger charge is 2.14. The maximum Gasteiger partial charge on any atom is 0.224 e. The van der Waals surface area contributed by atoms with Crippen LogP contribution in [0.4, 0.5) is 5.95 Å². The van der Waals surface area contributed by atoms with Gasteiger partial charge in [-0.3, -0.25) is 0 Å². The molecule has 0 spiro atoms. The largest absolute Gasteiger partial charge is 0.495 e. The Morgan fingerprint density at radius 1 is 1.29 bits per heavy atom. The van der Waals surface area contributed by atoms with Gasteiger partial charge in [-0.05, 0) is 19.1 Å². The van der Waals surface area contributed by atoms with Crippen LogP contribution in [0.25, 0.3) is 11.3 Å². The second-order valence-corrected chi connectivity index (χ2v) is 6.07. The second-order valence-electron chi connectivity index (χ2n) is 4.75. The molecule has 0 atom stereocenters. The Bertz CT molecular complexity index is 851. The molecular weight excluding hydrogens is 350 g/mol. The Labute approximate surface area is 147 Å². The molecule has 2 N–H and O–H groups in total. The Kier molecular flexibility index (Phi) is 4.86. The zero-order valence-electron chi connectivity index (χ0n) is 13.0. The summed E-state index contributed by atoms with van der Waals surface area (Å²) in [6.07, 6.45) is 1.63. The van der Waals surface area contributed by atoms with E-state index in [4.69, 9.17) is 26.5 Å². The molecule has 0 unspecified atom stereocenters. The second kappa shape index (κ2) is 7.06. The van der Waals surface area contributed by atoms with Crippen molar-refractivity contribution >= 4 is 29.3 Å². The molecule has 2 heterocycles. The number of nitrogen functional groups attached to an aromatic ring is 1. The molecule has 0 aliphatic rings. The predicted octanol–water partition coefficient (Wildman–Crippen LogP) is 3.37. The van der Waals surface area contributed by atoms with E-state index in [0.29, 0.717) is 39.2 Å². The number of ether oxygens (including phenoxy) is 1. The van der Waals surface area contributed by atoms with Gasteiger partial charge in [0.25, 0.3) is 0 Å². The first-order chi connectivity index (χ1) is 11.6. The highest BCUT2D eigenvalue weighted by molar-refractivity contribution is 7.98. The van der Waals surface area contributed by atoms with Gasteiger partial charge in [-0.25, -0.2) is 9.97 Å². The van der Waals surface area contributed by atoms with Crippen LogP contribution in [0, 0.1) is 6.92 Å². The number of halogens is 1. The Morgan fingerprint density at radius 2 is 2.12 bits per heavy atom. The van der Waals surface area contributed by atoms with Gasteiger partial charge in [-0.2, -0.15) is 9.97 Å². The monoisotopic (exact) mass is 363 g/mol. The Hall–Kier alpha value is -2.32. The predicted molar refractivity (Wildman–Crippen MR) is 92.0 cm³/mol. The molecule has 2 aromatic heterocycles. The lowest BCUT2D eigenvalue weighted by molar-refractivity contribution is 0.415. The number of nitrogens with two attached hydrogens (primary N) is 1. The summed E-state index contributed by atoms with van der Waals surface area (Å²) >= 11 is 7.67. The van der Waals surface area contributed by atoms with Crippen LogP contribution in [-0.4, -0.2) is 27.0 Å². The number of aryl methyl sites for hydroxylation is 1. The molecule has 0 bridgehead atoms. The summed E-state index contributed by atoms with van der Waals surface area (Å²) in [6.45, 7) is 1.76. The van der Waals surface area contributed by atoms with Gasteiger partial charge in [0.1, 0.15) is 11.6 Å². The van der Waals surface area contributed by atoms with Crippen LogP contribution >= 0.6 is 23.4 Å². The fourth-order valence-electron chi connectivity index (χ4n) is 2.03. The molecule has 0 saturated carbocycles. The average molecular weight is 364 g/mol. The highest BCUT2D eigenvalue weighted by atomic mass is 35.5. The first kappa shape index (κ1) is 16.5. The fourth-order valence-corrected chi connectivity index (χ4v) is 3.07. The molecule has 0 amide bonds. The summed E-state index contributed by atoms with van der Waals surface area (Å²) < 4.78 is 11.0. The van der Waals surface area contributed by atoms with Crippen LogP contribution in [0.15, 0.2) is 34.0 Å². The number of nitrogens with zero attached hydrogens (tertiary/aromatic N) is 4. The molecule has 3 aromatic rings. The van der Waals surface area contributed by atoms with Gasteiger partial charge in [0.05, 0.1) is 24.1 Å². The van der Waals surface area contributed by atoms with Crippen molar-refractivity contribution in [3.8, 4) is 17.1 Å². The van der Waals surface area contributed by atoms with Gasteiger partial charge in [-0.1, -0.05) is 29.4 Å². The van der Waals surface area contributed by atoms with Crippen molar-refractivity contribution in [3.63, 3.8) is 0 Å². The van der Waals surface area contributed by atoms with Crippen molar-refractivity contribution < 1.29 is 9.15 Å². The molecule has 3 rings (SSSR count). The maximum absolute atomic E-state index is 6.30. The van der Waals surface area contributed by atoms with E-state index < -0.39 is 0 Å². The first-order valence-electron chi connectivity index (χ1n) is 6.95. The third kappa shape index (κ3) is 3.60. The molecule has 0 saturated heterocycles. The van der Waals surface area contributed by atoms with Crippen LogP contribution in [0.1, 0.15) is 11.7 Å². The standard InChI is InChI=1S/C15H14ClN5O2S/c1-8-19-14(17)21-15(20-8)24-7-12-18-6-11(23-12)9-4-3-5-10(22-2)13(9)16/h3-6H,7H2,1-2H3,(H2,17,19,20,21). The van der Waals surface area contributed by atoms with Crippen LogP contribution < -0.4 is 10.5 Å². The minimum absolute atomic E-state index is 0.196. The van der Waals surface area contributed by atoms with Gasteiger partial charge in [0, 0.05) is 5.56 Å². The normalized spacial score (nSPS) is 10.8. The summed E-state index contributed by atoms with van der Waals surface area (Å²) in [5.41, 5.74) is 6.33. The lowest BCUT2D eigenvalue weighted by Crippen LogP contribution is -2.01. The summed E-state index contributed by atoms with van der Waals surface area (Å²) in [5, 5.41) is 1.01. The maximum atomic E-state index is 6.30. The Morgan fingerprint density at radius 3 is 2.88 bits per heavy atom. The average Bonchev–Trinajstić information content (AvgIpc) is 3.01. The summed E-state index contributed by atoms with van der Waals surface area (Å²) in [5.74, 6) is 2.91. The summed E-state index contributed by atoms with van der Waals surface area (Å²) in [7, 11) is 1.57. The lowest BCUT2D eigenvalue weighted by atomic mass is 10.2. The third-order valence-electron chi connectivity index (χ3n) is 3.07. The number of aromatic nitrogens is 4. The topological polar surface area (TPSA) is 100.0 Å². The molecule has 1 aromatic carbocycles. The molecule has 124 valence electrons. The van der Waals surface area contributed by atoms with Crippen LogP contribution in [0.5, 0.6) is 5.75 Å². The van der Waals surface area contributed by atoms with Crippen LogP contribution in [0.2, 0.25) is 5.02 Å². The Balaban J connectivity index is 1.76. The van der Waals surface area contributed by atoms with E-state index >= 15 is 0 Å². The van der Waals surface area contributed by atoms with E-state index in [2.05, 4.69) is 19.9 Å². The van der Waals surface area contributed by atoms with Gasteiger partial charge in [-0.15, -0.1) is 0 Å². The van der Waals surface area contributed by atoms with E-state index in [-0.39, 0.29) is 5.95 Å². The quantitative estimate of drug-likeness (QED) is 0.688. The smallest absolute Gasteiger partial charge is 0.224 e. The van der Waals surface area contributed by atoms with Crippen molar-refractivity contribution in [2.24, 2.45) is 0 Å². The van der Waals surface area contributed by atoms with Gasteiger partial charge in [0.15, 0.2) is 10.9 Å². The fraction of sp³-hybridized carbons (Fsp3) is 0.200. The van der Waals surface area contributed by atoms with E-state index in [1.165, 1.54) is 11.8 Å². The number of anilines is 1. The van der Waals surface area contributed by atoms with Crippen molar-refractivity contribution in [1.29, 1.82) is 0 Å². The molecule has 24 heavy (non-hydrogen) atoms. The van der Waals surface area contributed by atoms with Crippen LogP contribution in [-0.2, 0) is 5.75 Å². The molecule has 0 aliphatic heterocycles. The molecule has 0 aliphatic carbocycles. The molecule has 0 fully saturated rings. The number of benzene rings is 1. The van der Waals surface area contributed by atoms with E-state index in [9.17, 15) is 0 Å². The van der Waals surface area contributed by atoms with Gasteiger partial charge in [0.2, 0.25) is 11.8 Å². The molecule has 0 radical (unpaired) electrons. The van der Waals surface area contributed by atoms with E-state index in [0.717, 1.165) is 5.56 Å². The van der Waals surface area contributed by atoms with E-state index in [1.807, 2.05) is 12.1 Å². The highest BCUT2D eigenvalue weighted by Crippen LogP contribution is 2.35. The summed E-state index contributed by atoms with van der Waals surface area (Å²) in [6, 6.07) is 5.47. The number of hydrogen-bond donors (Lipinski definition) is 1. The lowest BCUT2D eigenvalue weighted by Gasteiger charge is -2.05. The number of hydrogen-bond acceptors (Lipinski definition) is 8. The number of rotatable bonds is 5. The SMILES string of the molecule is COc1cccc(-c2cnc(CSc3nc(C)nc(N)n3)o2)c1Cl. The minimum Gasteiger partial charge on any atom is -0.495 e. The number of oxazole rings is 1. The molecule has 7 nitrogen and oxygen atoms in total. The van der Waals surface area contributed by atoms with Crippen molar-refractivity contribution in [3.05, 3.63) is 41.1 Å². The minimum atomic E-state index is 0.196. The van der Waals surface area contributed by atoms with Gasteiger partial charge < -0.3 is 14.9 Å². The zero-order chi connectivity index (χ0) is 17.1.